The Balaban J connectivity index is 1.87. The van der Waals surface area contributed by atoms with Crippen molar-refractivity contribution in [3.8, 4) is 0 Å². The number of nitrogens with zero attached hydrogens (tertiary/aromatic N) is 2. The number of Topliss-reactive ketones (excluding diaryl/α,β-unsaturated/α-hetero) is 1. The SMILES string of the molecule is Cc1ncn(CC(=O)c2ccc3c(c2)CCC3)c(=O)c1I. The number of hydrogen-bond acceptors (Lipinski definition) is 3. The molecule has 5 heteroatoms. The first-order valence-electron chi connectivity index (χ1n) is 6.93. The van der Waals surface area contributed by atoms with Gasteiger partial charge < -0.3 is 0 Å². The third kappa shape index (κ3) is 2.79. The number of aryl methyl sites for hydroxylation is 3. The van der Waals surface area contributed by atoms with Gasteiger partial charge in [-0.25, -0.2) is 4.98 Å². The van der Waals surface area contributed by atoms with E-state index in [1.54, 1.807) is 6.92 Å². The number of carbonyl (C=O) groups excluding carboxylic acids is 1. The molecular formula is C16H15IN2O2. The summed E-state index contributed by atoms with van der Waals surface area (Å²) in [5, 5.41) is 0. The summed E-state index contributed by atoms with van der Waals surface area (Å²) < 4.78 is 1.95. The Morgan fingerprint density at radius 3 is 2.90 bits per heavy atom. The highest BCUT2D eigenvalue weighted by atomic mass is 127. The lowest BCUT2D eigenvalue weighted by molar-refractivity contribution is 0.0970. The molecule has 0 radical (unpaired) electrons. The van der Waals surface area contributed by atoms with Crippen LogP contribution in [0, 0.1) is 10.5 Å². The molecule has 1 aromatic heterocycles. The quantitative estimate of drug-likeness (QED) is 0.594. The number of ketones is 1. The van der Waals surface area contributed by atoms with Crippen LogP contribution in [-0.2, 0) is 19.4 Å². The predicted octanol–water partition coefficient (Wildman–Crippen LogP) is 2.53. The van der Waals surface area contributed by atoms with Gasteiger partial charge in [0.1, 0.15) is 0 Å². The standard InChI is InChI=1S/C16H15IN2O2/c1-10-15(17)16(21)19(9-18-10)8-14(20)13-6-5-11-3-2-4-12(11)7-13/h5-7,9H,2-4,8H2,1H3. The van der Waals surface area contributed by atoms with Gasteiger partial charge >= 0.3 is 0 Å². The van der Waals surface area contributed by atoms with Gasteiger partial charge in [0.05, 0.1) is 22.1 Å². The molecule has 0 N–H and O–H groups in total. The van der Waals surface area contributed by atoms with E-state index in [-0.39, 0.29) is 17.9 Å². The minimum Gasteiger partial charge on any atom is -0.292 e. The highest BCUT2D eigenvalue weighted by Crippen LogP contribution is 2.23. The molecule has 4 nitrogen and oxygen atoms in total. The first-order valence-corrected chi connectivity index (χ1v) is 8.00. The molecule has 0 aliphatic heterocycles. The van der Waals surface area contributed by atoms with Gasteiger partial charge in [-0.15, -0.1) is 0 Å². The Labute approximate surface area is 136 Å². The molecule has 3 rings (SSSR count). The van der Waals surface area contributed by atoms with Crippen molar-refractivity contribution in [1.29, 1.82) is 0 Å². The maximum Gasteiger partial charge on any atom is 0.267 e. The Bertz CT molecular complexity index is 780. The zero-order chi connectivity index (χ0) is 15.0. The maximum atomic E-state index is 12.4. The first-order chi connectivity index (χ1) is 10.1. The molecule has 1 aliphatic rings. The van der Waals surface area contributed by atoms with Crippen molar-refractivity contribution in [2.24, 2.45) is 0 Å². The largest absolute Gasteiger partial charge is 0.292 e. The lowest BCUT2D eigenvalue weighted by Gasteiger charge is -2.08. The van der Waals surface area contributed by atoms with Gasteiger partial charge in [-0.2, -0.15) is 0 Å². The molecule has 21 heavy (non-hydrogen) atoms. The van der Waals surface area contributed by atoms with E-state index in [0.29, 0.717) is 14.8 Å². The van der Waals surface area contributed by atoms with E-state index in [4.69, 9.17) is 0 Å². The molecule has 0 saturated heterocycles. The Kier molecular flexibility index (Phi) is 3.93. The predicted molar refractivity (Wildman–Crippen MR) is 88.7 cm³/mol. The molecule has 108 valence electrons. The summed E-state index contributed by atoms with van der Waals surface area (Å²) in [7, 11) is 0. The van der Waals surface area contributed by atoms with Crippen molar-refractivity contribution in [3.05, 3.63) is 60.8 Å². The normalized spacial score (nSPS) is 13.2. The summed E-state index contributed by atoms with van der Waals surface area (Å²) in [6.45, 7) is 1.83. The molecule has 0 atom stereocenters. The van der Waals surface area contributed by atoms with Gasteiger partial charge in [-0.1, -0.05) is 12.1 Å². The van der Waals surface area contributed by atoms with Gasteiger partial charge in [0.15, 0.2) is 5.78 Å². The minimum atomic E-state index is -0.155. The molecule has 1 aromatic carbocycles. The van der Waals surface area contributed by atoms with Crippen LogP contribution in [0.2, 0.25) is 0 Å². The van der Waals surface area contributed by atoms with E-state index in [2.05, 4.69) is 4.98 Å². The van der Waals surface area contributed by atoms with E-state index < -0.39 is 0 Å². The fourth-order valence-electron chi connectivity index (χ4n) is 2.65. The lowest BCUT2D eigenvalue weighted by Crippen LogP contribution is -2.27. The third-order valence-corrected chi connectivity index (χ3v) is 5.13. The summed E-state index contributed by atoms with van der Waals surface area (Å²) in [5.41, 5.74) is 3.83. The van der Waals surface area contributed by atoms with Crippen molar-refractivity contribution in [1.82, 2.24) is 9.55 Å². The van der Waals surface area contributed by atoms with Gasteiger partial charge in [0.2, 0.25) is 0 Å². The van der Waals surface area contributed by atoms with Gasteiger partial charge in [0.25, 0.3) is 5.56 Å². The zero-order valence-electron chi connectivity index (χ0n) is 11.7. The van der Waals surface area contributed by atoms with E-state index in [1.165, 1.54) is 22.0 Å². The second-order valence-corrected chi connectivity index (χ2v) is 6.42. The van der Waals surface area contributed by atoms with Gasteiger partial charge in [-0.3, -0.25) is 14.2 Å². The molecular weight excluding hydrogens is 379 g/mol. The molecule has 1 aliphatic carbocycles. The highest BCUT2D eigenvalue weighted by Gasteiger charge is 2.15. The lowest BCUT2D eigenvalue weighted by atomic mass is 10.0. The highest BCUT2D eigenvalue weighted by molar-refractivity contribution is 14.1. The number of aromatic nitrogens is 2. The number of carbonyl (C=O) groups is 1. The second kappa shape index (κ2) is 5.71. The average Bonchev–Trinajstić information content (AvgIpc) is 2.95. The second-order valence-electron chi connectivity index (χ2n) is 5.34. The van der Waals surface area contributed by atoms with E-state index >= 15 is 0 Å². The zero-order valence-corrected chi connectivity index (χ0v) is 13.9. The van der Waals surface area contributed by atoms with Crippen LogP contribution in [0.3, 0.4) is 0 Å². The average molecular weight is 394 g/mol. The van der Waals surface area contributed by atoms with Crippen LogP contribution in [0.15, 0.2) is 29.3 Å². The number of halogens is 1. The fourth-order valence-corrected chi connectivity index (χ4v) is 3.10. The Morgan fingerprint density at radius 2 is 2.10 bits per heavy atom. The molecule has 0 unspecified atom stereocenters. The van der Waals surface area contributed by atoms with Crippen molar-refractivity contribution in [2.45, 2.75) is 32.7 Å². The van der Waals surface area contributed by atoms with Crippen LogP contribution < -0.4 is 5.56 Å². The van der Waals surface area contributed by atoms with Crippen molar-refractivity contribution in [3.63, 3.8) is 0 Å². The third-order valence-electron chi connectivity index (χ3n) is 3.89. The number of rotatable bonds is 3. The number of benzene rings is 1. The van der Waals surface area contributed by atoms with Crippen LogP contribution in [0.1, 0.15) is 33.6 Å². The van der Waals surface area contributed by atoms with Crippen molar-refractivity contribution in [2.75, 3.05) is 0 Å². The van der Waals surface area contributed by atoms with Crippen LogP contribution in [0.5, 0.6) is 0 Å². The smallest absolute Gasteiger partial charge is 0.267 e. The summed E-state index contributed by atoms with van der Waals surface area (Å²) in [6.07, 6.45) is 4.75. The summed E-state index contributed by atoms with van der Waals surface area (Å²) in [6, 6.07) is 5.88. The van der Waals surface area contributed by atoms with Gasteiger partial charge in [0, 0.05) is 5.56 Å². The van der Waals surface area contributed by atoms with E-state index in [1.807, 2.05) is 40.8 Å². The summed E-state index contributed by atoms with van der Waals surface area (Å²) in [5.74, 6) is -0.0479. The van der Waals surface area contributed by atoms with E-state index in [9.17, 15) is 9.59 Å². The Morgan fingerprint density at radius 1 is 1.33 bits per heavy atom. The summed E-state index contributed by atoms with van der Waals surface area (Å²) >= 11 is 1.97. The number of hydrogen-bond donors (Lipinski definition) is 0. The topological polar surface area (TPSA) is 52.0 Å². The first kappa shape index (κ1) is 14.4. The monoisotopic (exact) mass is 394 g/mol. The van der Waals surface area contributed by atoms with Crippen LogP contribution in [0.25, 0.3) is 0 Å². The van der Waals surface area contributed by atoms with Crippen molar-refractivity contribution >= 4 is 28.4 Å². The minimum absolute atomic E-state index is 0.0426. The molecule has 0 spiro atoms. The van der Waals surface area contributed by atoms with Crippen molar-refractivity contribution < 1.29 is 4.79 Å². The summed E-state index contributed by atoms with van der Waals surface area (Å²) in [4.78, 5) is 28.6. The molecule has 1 heterocycles. The maximum absolute atomic E-state index is 12.4. The molecule has 0 saturated carbocycles. The van der Waals surface area contributed by atoms with Crippen LogP contribution in [-0.4, -0.2) is 15.3 Å². The van der Waals surface area contributed by atoms with Crippen LogP contribution in [0.4, 0.5) is 0 Å². The van der Waals surface area contributed by atoms with E-state index in [0.717, 1.165) is 19.3 Å². The Hall–Kier alpha value is -1.50. The number of fused-ring (bicyclic) bond motifs is 1. The molecule has 0 fully saturated rings. The molecule has 0 bridgehead atoms. The fraction of sp³-hybridized carbons (Fsp3) is 0.312. The molecule has 2 aromatic rings. The molecule has 0 amide bonds. The van der Waals surface area contributed by atoms with Gasteiger partial charge in [-0.05, 0) is 66.0 Å². The van der Waals surface area contributed by atoms with Crippen LogP contribution >= 0.6 is 22.6 Å².